The predicted octanol–water partition coefficient (Wildman–Crippen LogP) is 0.765. The van der Waals surface area contributed by atoms with Crippen molar-refractivity contribution >= 4 is 29.1 Å². The third-order valence-corrected chi connectivity index (χ3v) is 1.99. The molecule has 0 fully saturated rings. The van der Waals surface area contributed by atoms with Gasteiger partial charge in [0.25, 0.3) is 0 Å². The van der Waals surface area contributed by atoms with Crippen molar-refractivity contribution in [3.8, 4) is 0 Å². The van der Waals surface area contributed by atoms with Crippen molar-refractivity contribution in [2.24, 2.45) is 0 Å². The minimum atomic E-state index is -0.706. The van der Waals surface area contributed by atoms with Crippen LogP contribution in [-0.2, 0) is 9.59 Å². The first-order valence-electron chi connectivity index (χ1n) is 4.79. The Kier molecular flexibility index (Phi) is 5.28. The average Bonchev–Trinajstić information content (AvgIpc) is 2.30. The second-order valence-electron chi connectivity index (χ2n) is 2.99. The number of pyridine rings is 1. The topological polar surface area (TPSA) is 71.1 Å². The summed E-state index contributed by atoms with van der Waals surface area (Å²) in [5.74, 6) is -0.929. The maximum atomic E-state index is 11.3. The molecule has 0 radical (unpaired) electrons. The van der Waals surface area contributed by atoms with E-state index in [4.69, 9.17) is 11.6 Å². The zero-order valence-corrected chi connectivity index (χ0v) is 9.33. The van der Waals surface area contributed by atoms with Gasteiger partial charge in [0.05, 0.1) is 11.9 Å². The van der Waals surface area contributed by atoms with Gasteiger partial charge in [-0.05, 0) is 18.6 Å². The fourth-order valence-corrected chi connectivity index (χ4v) is 1.11. The van der Waals surface area contributed by atoms with Gasteiger partial charge >= 0.3 is 11.8 Å². The van der Waals surface area contributed by atoms with E-state index >= 15 is 0 Å². The smallest absolute Gasteiger partial charge is 0.313 e. The number of nitrogens with zero attached hydrogens (tertiary/aromatic N) is 1. The molecular formula is C10H12ClN3O2. The van der Waals surface area contributed by atoms with Gasteiger partial charge < -0.3 is 10.6 Å². The van der Waals surface area contributed by atoms with Gasteiger partial charge in [0.1, 0.15) is 0 Å². The molecule has 0 aliphatic carbocycles. The maximum absolute atomic E-state index is 11.3. The molecule has 6 heteroatoms. The Bertz CT molecular complexity index is 356. The Hall–Kier alpha value is -1.62. The molecular weight excluding hydrogens is 230 g/mol. The molecule has 0 saturated carbocycles. The lowest BCUT2D eigenvalue weighted by atomic mass is 10.4. The number of aromatic nitrogens is 1. The third kappa shape index (κ3) is 4.27. The molecule has 0 saturated heterocycles. The third-order valence-electron chi connectivity index (χ3n) is 1.72. The number of carbonyl (C=O) groups excluding carboxylic acids is 2. The highest BCUT2D eigenvalue weighted by Crippen LogP contribution is 2.01. The first-order valence-corrected chi connectivity index (χ1v) is 5.32. The summed E-state index contributed by atoms with van der Waals surface area (Å²) in [6.45, 7) is 0.392. The monoisotopic (exact) mass is 241 g/mol. The summed E-state index contributed by atoms with van der Waals surface area (Å²) < 4.78 is 0. The van der Waals surface area contributed by atoms with Gasteiger partial charge in [-0.15, -0.1) is 11.6 Å². The number of anilines is 1. The highest BCUT2D eigenvalue weighted by molar-refractivity contribution is 6.39. The second-order valence-corrected chi connectivity index (χ2v) is 3.37. The molecule has 1 rings (SSSR count). The summed E-state index contributed by atoms with van der Waals surface area (Å²) in [7, 11) is 0. The minimum Gasteiger partial charge on any atom is -0.348 e. The summed E-state index contributed by atoms with van der Waals surface area (Å²) in [6.07, 6.45) is 3.67. The van der Waals surface area contributed by atoms with Crippen molar-refractivity contribution in [2.75, 3.05) is 17.7 Å². The molecule has 0 spiro atoms. The predicted molar refractivity (Wildman–Crippen MR) is 61.2 cm³/mol. The second kappa shape index (κ2) is 6.79. The fourth-order valence-electron chi connectivity index (χ4n) is 0.974. The van der Waals surface area contributed by atoms with Gasteiger partial charge in [0.15, 0.2) is 0 Å². The molecule has 0 aliphatic rings. The van der Waals surface area contributed by atoms with Gasteiger partial charge in [-0.3, -0.25) is 14.6 Å². The van der Waals surface area contributed by atoms with Crippen LogP contribution in [0.25, 0.3) is 0 Å². The van der Waals surface area contributed by atoms with Crippen molar-refractivity contribution in [3.63, 3.8) is 0 Å². The largest absolute Gasteiger partial charge is 0.348 e. The highest BCUT2D eigenvalue weighted by Gasteiger charge is 2.12. The van der Waals surface area contributed by atoms with Crippen molar-refractivity contribution < 1.29 is 9.59 Å². The molecule has 0 bridgehead atoms. The number of halogens is 1. The summed E-state index contributed by atoms with van der Waals surface area (Å²) in [6, 6.07) is 3.32. The quantitative estimate of drug-likeness (QED) is 0.465. The van der Waals surface area contributed by atoms with E-state index in [0.717, 1.165) is 0 Å². The van der Waals surface area contributed by atoms with Crippen LogP contribution < -0.4 is 10.6 Å². The van der Waals surface area contributed by atoms with Gasteiger partial charge in [0, 0.05) is 18.6 Å². The lowest BCUT2D eigenvalue weighted by molar-refractivity contribution is -0.136. The van der Waals surface area contributed by atoms with E-state index in [9.17, 15) is 9.59 Å². The molecule has 16 heavy (non-hydrogen) atoms. The molecule has 0 unspecified atom stereocenters. The van der Waals surface area contributed by atoms with Crippen LogP contribution in [0, 0.1) is 0 Å². The number of nitrogens with one attached hydrogen (secondary N) is 2. The van der Waals surface area contributed by atoms with Gasteiger partial charge in [-0.25, -0.2) is 0 Å². The maximum Gasteiger partial charge on any atom is 0.313 e. The first-order chi connectivity index (χ1) is 7.74. The zero-order chi connectivity index (χ0) is 11.8. The average molecular weight is 242 g/mol. The van der Waals surface area contributed by atoms with E-state index in [1.54, 1.807) is 18.3 Å². The van der Waals surface area contributed by atoms with Crippen LogP contribution in [0.2, 0.25) is 0 Å². The summed E-state index contributed by atoms with van der Waals surface area (Å²) in [5, 5.41) is 4.87. The van der Waals surface area contributed by atoms with Crippen LogP contribution >= 0.6 is 11.6 Å². The van der Waals surface area contributed by atoms with E-state index in [1.165, 1.54) is 6.20 Å². The molecule has 1 aromatic rings. The SMILES string of the molecule is O=C(NCCCCl)C(=O)Nc1cccnc1. The number of hydrogen-bond donors (Lipinski definition) is 2. The van der Waals surface area contributed by atoms with E-state index in [1.807, 2.05) is 0 Å². The van der Waals surface area contributed by atoms with Crippen LogP contribution in [0.4, 0.5) is 5.69 Å². The Labute approximate surface area is 98.2 Å². The Morgan fingerprint density at radius 1 is 1.38 bits per heavy atom. The van der Waals surface area contributed by atoms with Crippen molar-refractivity contribution in [3.05, 3.63) is 24.5 Å². The molecule has 0 aromatic carbocycles. The number of carbonyl (C=O) groups is 2. The van der Waals surface area contributed by atoms with Crippen LogP contribution in [0.1, 0.15) is 6.42 Å². The number of alkyl halides is 1. The van der Waals surface area contributed by atoms with Crippen LogP contribution in [0.3, 0.4) is 0 Å². The van der Waals surface area contributed by atoms with Crippen molar-refractivity contribution in [2.45, 2.75) is 6.42 Å². The van der Waals surface area contributed by atoms with Gasteiger partial charge in [-0.1, -0.05) is 0 Å². The summed E-state index contributed by atoms with van der Waals surface area (Å²) in [4.78, 5) is 26.4. The molecule has 5 nitrogen and oxygen atoms in total. The number of amides is 2. The molecule has 1 aromatic heterocycles. The fraction of sp³-hybridized carbons (Fsp3) is 0.300. The van der Waals surface area contributed by atoms with Crippen LogP contribution in [0.5, 0.6) is 0 Å². The summed E-state index contributed by atoms with van der Waals surface area (Å²) in [5.41, 5.74) is 0.486. The van der Waals surface area contributed by atoms with E-state index < -0.39 is 11.8 Å². The first kappa shape index (κ1) is 12.4. The van der Waals surface area contributed by atoms with Crippen LogP contribution in [-0.4, -0.2) is 29.2 Å². The Morgan fingerprint density at radius 2 is 2.19 bits per heavy atom. The summed E-state index contributed by atoms with van der Waals surface area (Å²) >= 11 is 5.43. The molecule has 1 heterocycles. The Morgan fingerprint density at radius 3 is 2.81 bits per heavy atom. The highest BCUT2D eigenvalue weighted by atomic mass is 35.5. The minimum absolute atomic E-state index is 0.392. The van der Waals surface area contributed by atoms with Gasteiger partial charge in [-0.2, -0.15) is 0 Å². The molecule has 86 valence electrons. The van der Waals surface area contributed by atoms with E-state index in [-0.39, 0.29) is 0 Å². The number of rotatable bonds is 4. The zero-order valence-electron chi connectivity index (χ0n) is 8.57. The van der Waals surface area contributed by atoms with Crippen molar-refractivity contribution in [1.29, 1.82) is 0 Å². The van der Waals surface area contributed by atoms with Gasteiger partial charge in [0.2, 0.25) is 0 Å². The standard InChI is InChI=1S/C10H12ClN3O2/c11-4-2-6-13-9(15)10(16)14-8-3-1-5-12-7-8/h1,3,5,7H,2,4,6H2,(H,13,15)(H,14,16). The normalized spacial score (nSPS) is 9.56. The van der Waals surface area contributed by atoms with E-state index in [0.29, 0.717) is 24.5 Å². The molecule has 2 N–H and O–H groups in total. The molecule has 0 aliphatic heterocycles. The van der Waals surface area contributed by atoms with Crippen molar-refractivity contribution in [1.82, 2.24) is 10.3 Å². The van der Waals surface area contributed by atoms with E-state index in [2.05, 4.69) is 15.6 Å². The lowest BCUT2D eigenvalue weighted by Gasteiger charge is -2.04. The molecule has 0 atom stereocenters. The number of hydrogen-bond acceptors (Lipinski definition) is 3. The van der Waals surface area contributed by atoms with Crippen LogP contribution in [0.15, 0.2) is 24.5 Å². The Balaban J connectivity index is 2.38. The molecule has 2 amide bonds. The lowest BCUT2D eigenvalue weighted by Crippen LogP contribution is -2.36.